The van der Waals surface area contributed by atoms with Crippen molar-refractivity contribution >= 4 is 23.5 Å². The molecule has 0 aliphatic rings. The summed E-state index contributed by atoms with van der Waals surface area (Å²) in [5.41, 5.74) is 12.7. The second-order valence-electron chi connectivity index (χ2n) is 3.36. The molecule has 82 valence electrons. The second kappa shape index (κ2) is 3.94. The van der Waals surface area contributed by atoms with Gasteiger partial charge in [0.1, 0.15) is 0 Å². The van der Waals surface area contributed by atoms with Crippen LogP contribution in [0.3, 0.4) is 0 Å². The molecule has 0 fully saturated rings. The van der Waals surface area contributed by atoms with Gasteiger partial charge in [-0.05, 0) is 19.1 Å². The van der Waals surface area contributed by atoms with Gasteiger partial charge in [-0.15, -0.1) is 0 Å². The van der Waals surface area contributed by atoms with Crippen LogP contribution in [0, 0.1) is 6.92 Å². The lowest BCUT2D eigenvalue weighted by molar-refractivity contribution is 1.09. The Kier molecular flexibility index (Phi) is 2.62. The molecule has 2 rings (SSSR count). The van der Waals surface area contributed by atoms with Gasteiger partial charge in [0, 0.05) is 5.56 Å². The molecule has 4 N–H and O–H groups in total. The molecule has 0 amide bonds. The lowest BCUT2D eigenvalue weighted by Crippen LogP contribution is -2.04. The van der Waals surface area contributed by atoms with Crippen LogP contribution in [0.4, 0.5) is 11.9 Å². The Morgan fingerprint density at radius 3 is 2.31 bits per heavy atom. The minimum absolute atomic E-state index is 0.0834. The highest BCUT2D eigenvalue weighted by Gasteiger charge is 2.09. The number of hydrogen-bond donors (Lipinski definition) is 2. The first kappa shape index (κ1) is 10.6. The topological polar surface area (TPSA) is 90.7 Å². The number of nitrogen functional groups attached to an aromatic ring is 2. The van der Waals surface area contributed by atoms with Crippen molar-refractivity contribution in [3.63, 3.8) is 0 Å². The summed E-state index contributed by atoms with van der Waals surface area (Å²) in [6.07, 6.45) is 0. The van der Waals surface area contributed by atoms with E-state index in [1.165, 1.54) is 0 Å². The minimum Gasteiger partial charge on any atom is -0.368 e. The van der Waals surface area contributed by atoms with Crippen molar-refractivity contribution in [2.24, 2.45) is 0 Å². The Labute approximate surface area is 97.5 Å². The van der Waals surface area contributed by atoms with Gasteiger partial charge in [0.05, 0.1) is 5.02 Å². The molecule has 1 aromatic carbocycles. The first-order valence-electron chi connectivity index (χ1n) is 4.60. The van der Waals surface area contributed by atoms with Gasteiger partial charge >= 0.3 is 0 Å². The van der Waals surface area contributed by atoms with Gasteiger partial charge in [-0.1, -0.05) is 23.2 Å². The van der Waals surface area contributed by atoms with Gasteiger partial charge in [0.15, 0.2) is 5.82 Å². The summed E-state index contributed by atoms with van der Waals surface area (Å²) < 4.78 is 0. The fraction of sp³-hybridized carbons (Fsp3) is 0.100. The van der Waals surface area contributed by atoms with Crippen LogP contribution in [0.25, 0.3) is 11.4 Å². The van der Waals surface area contributed by atoms with Crippen LogP contribution >= 0.6 is 11.6 Å². The predicted octanol–water partition coefficient (Wildman–Crippen LogP) is 1.66. The molecule has 2 aromatic rings. The van der Waals surface area contributed by atoms with E-state index in [4.69, 9.17) is 23.1 Å². The molecule has 0 radical (unpaired) electrons. The number of halogens is 1. The highest BCUT2D eigenvalue weighted by Crippen LogP contribution is 2.26. The summed E-state index contributed by atoms with van der Waals surface area (Å²) in [6, 6.07) is 5.55. The van der Waals surface area contributed by atoms with Crippen molar-refractivity contribution < 1.29 is 0 Å². The first-order valence-corrected chi connectivity index (χ1v) is 4.97. The average molecular weight is 236 g/mol. The van der Waals surface area contributed by atoms with Gasteiger partial charge < -0.3 is 11.5 Å². The summed E-state index contributed by atoms with van der Waals surface area (Å²) in [7, 11) is 0. The van der Waals surface area contributed by atoms with E-state index in [1.54, 1.807) is 6.07 Å². The van der Waals surface area contributed by atoms with Crippen molar-refractivity contribution in [2.75, 3.05) is 11.5 Å². The molecular formula is C10H10ClN5. The molecule has 1 heterocycles. The van der Waals surface area contributed by atoms with Crippen LogP contribution in [0.2, 0.25) is 5.02 Å². The zero-order chi connectivity index (χ0) is 11.7. The van der Waals surface area contributed by atoms with E-state index in [0.29, 0.717) is 16.4 Å². The van der Waals surface area contributed by atoms with Crippen molar-refractivity contribution in [3.05, 3.63) is 28.8 Å². The molecule has 0 unspecified atom stereocenters. The number of rotatable bonds is 1. The van der Waals surface area contributed by atoms with E-state index in [0.717, 1.165) is 5.56 Å². The van der Waals surface area contributed by atoms with E-state index < -0.39 is 0 Å². The summed E-state index contributed by atoms with van der Waals surface area (Å²) >= 11 is 6.05. The van der Waals surface area contributed by atoms with Gasteiger partial charge in [-0.3, -0.25) is 0 Å². The largest absolute Gasteiger partial charge is 0.368 e. The van der Waals surface area contributed by atoms with Crippen LogP contribution in [0.1, 0.15) is 5.56 Å². The molecule has 0 aliphatic carbocycles. The Balaban J connectivity index is 2.62. The Bertz CT molecular complexity index is 520. The second-order valence-corrected chi connectivity index (χ2v) is 3.77. The van der Waals surface area contributed by atoms with Crippen LogP contribution in [0.15, 0.2) is 18.2 Å². The third-order valence-corrected chi connectivity index (χ3v) is 2.36. The third-order valence-electron chi connectivity index (χ3n) is 2.03. The van der Waals surface area contributed by atoms with Crippen molar-refractivity contribution in [1.82, 2.24) is 15.0 Å². The quantitative estimate of drug-likeness (QED) is 0.785. The predicted molar refractivity (Wildman–Crippen MR) is 63.8 cm³/mol. The van der Waals surface area contributed by atoms with E-state index in [-0.39, 0.29) is 11.9 Å². The van der Waals surface area contributed by atoms with E-state index in [9.17, 15) is 0 Å². The molecule has 6 heteroatoms. The number of nitrogens with zero attached hydrogens (tertiary/aromatic N) is 3. The Morgan fingerprint density at radius 1 is 1.06 bits per heavy atom. The highest BCUT2D eigenvalue weighted by atomic mass is 35.5. The maximum Gasteiger partial charge on any atom is 0.225 e. The highest BCUT2D eigenvalue weighted by molar-refractivity contribution is 6.33. The van der Waals surface area contributed by atoms with Crippen LogP contribution in [0.5, 0.6) is 0 Å². The number of aromatic nitrogens is 3. The summed E-state index contributed by atoms with van der Waals surface area (Å²) in [5.74, 6) is 0.554. The van der Waals surface area contributed by atoms with Gasteiger partial charge in [0.2, 0.25) is 11.9 Å². The molecule has 0 aliphatic heterocycles. The number of benzene rings is 1. The lowest BCUT2D eigenvalue weighted by Gasteiger charge is -2.05. The SMILES string of the molecule is Cc1ccc(Cl)c(-c2nc(N)nc(N)n2)c1. The molecule has 0 bridgehead atoms. The molecule has 0 spiro atoms. The fourth-order valence-corrected chi connectivity index (χ4v) is 1.54. The number of aryl methyl sites for hydroxylation is 1. The monoisotopic (exact) mass is 235 g/mol. The van der Waals surface area contributed by atoms with Crippen molar-refractivity contribution in [2.45, 2.75) is 6.92 Å². The smallest absolute Gasteiger partial charge is 0.225 e. The van der Waals surface area contributed by atoms with E-state index in [2.05, 4.69) is 15.0 Å². The molecule has 1 aromatic heterocycles. The molecule has 16 heavy (non-hydrogen) atoms. The normalized spacial score (nSPS) is 10.4. The Morgan fingerprint density at radius 2 is 1.69 bits per heavy atom. The van der Waals surface area contributed by atoms with Crippen LogP contribution in [-0.2, 0) is 0 Å². The average Bonchev–Trinajstić information content (AvgIpc) is 2.20. The molecule has 0 saturated carbocycles. The number of hydrogen-bond acceptors (Lipinski definition) is 5. The van der Waals surface area contributed by atoms with Crippen LogP contribution in [-0.4, -0.2) is 15.0 Å². The van der Waals surface area contributed by atoms with Crippen molar-refractivity contribution in [3.8, 4) is 11.4 Å². The van der Waals surface area contributed by atoms with Gasteiger partial charge in [-0.2, -0.15) is 15.0 Å². The summed E-state index contributed by atoms with van der Waals surface area (Å²) in [6.45, 7) is 1.95. The summed E-state index contributed by atoms with van der Waals surface area (Å²) in [4.78, 5) is 11.7. The van der Waals surface area contributed by atoms with E-state index in [1.807, 2.05) is 19.1 Å². The summed E-state index contributed by atoms with van der Waals surface area (Å²) in [5, 5.41) is 0.551. The first-order chi connectivity index (χ1) is 7.56. The zero-order valence-corrected chi connectivity index (χ0v) is 9.36. The number of anilines is 2. The molecule has 0 saturated heterocycles. The standard InChI is InChI=1S/C10H10ClN5/c1-5-2-3-7(11)6(4-5)8-14-9(12)16-10(13)15-8/h2-4H,1H3,(H4,12,13,14,15,16). The molecule has 5 nitrogen and oxygen atoms in total. The van der Waals surface area contributed by atoms with Gasteiger partial charge in [0.25, 0.3) is 0 Å². The maximum absolute atomic E-state index is 6.05. The minimum atomic E-state index is 0.0834. The fourth-order valence-electron chi connectivity index (χ4n) is 1.34. The van der Waals surface area contributed by atoms with Crippen molar-refractivity contribution in [1.29, 1.82) is 0 Å². The zero-order valence-electron chi connectivity index (χ0n) is 8.61. The number of nitrogens with two attached hydrogens (primary N) is 2. The molecule has 0 atom stereocenters. The van der Waals surface area contributed by atoms with E-state index >= 15 is 0 Å². The molecular weight excluding hydrogens is 226 g/mol. The van der Waals surface area contributed by atoms with Gasteiger partial charge in [-0.25, -0.2) is 0 Å². The lowest BCUT2D eigenvalue weighted by atomic mass is 10.1. The van der Waals surface area contributed by atoms with Crippen LogP contribution < -0.4 is 11.5 Å². The third kappa shape index (κ3) is 2.04. The maximum atomic E-state index is 6.05. The Hall–Kier alpha value is -1.88.